The number of aryl methyl sites for hydroxylation is 2. The minimum absolute atomic E-state index is 0.107. The minimum atomic E-state index is -0.476. The van der Waals surface area contributed by atoms with Crippen LogP contribution in [0.15, 0.2) is 24.3 Å². The predicted octanol–water partition coefficient (Wildman–Crippen LogP) is 2.68. The number of ether oxygens (including phenoxy) is 1. The number of ketones is 1. The van der Waals surface area contributed by atoms with Crippen LogP contribution in [-0.2, 0) is 32.0 Å². The van der Waals surface area contributed by atoms with Gasteiger partial charge in [0.15, 0.2) is 0 Å². The topological polar surface area (TPSA) is 75.7 Å². The molecule has 1 saturated heterocycles. The lowest BCUT2D eigenvalue weighted by molar-refractivity contribution is -0.137. The maximum Gasteiger partial charge on any atom is 0.287 e. The molecule has 1 N–H and O–H groups in total. The average Bonchev–Trinajstić information content (AvgIpc) is 3.28. The minimum Gasteiger partial charge on any atom is -0.372 e. The van der Waals surface area contributed by atoms with E-state index in [0.29, 0.717) is 13.2 Å². The highest BCUT2D eigenvalue weighted by Crippen LogP contribution is 2.14. The third kappa shape index (κ3) is 8.36. The maximum atomic E-state index is 12.0. The van der Waals surface area contributed by atoms with Crippen molar-refractivity contribution in [2.75, 3.05) is 32.8 Å². The highest BCUT2D eigenvalue weighted by atomic mass is 16.5. The van der Waals surface area contributed by atoms with Gasteiger partial charge in [-0.1, -0.05) is 31.2 Å². The van der Waals surface area contributed by atoms with E-state index < -0.39 is 5.91 Å². The molecule has 0 saturated carbocycles. The summed E-state index contributed by atoms with van der Waals surface area (Å²) in [5.74, 6) is -0.730. The van der Waals surface area contributed by atoms with Gasteiger partial charge >= 0.3 is 0 Å². The fourth-order valence-corrected chi connectivity index (χ4v) is 3.53. The number of rotatable bonds is 13. The van der Waals surface area contributed by atoms with Gasteiger partial charge in [-0.2, -0.15) is 0 Å². The molecule has 29 heavy (non-hydrogen) atoms. The molecule has 2 rings (SSSR count). The Morgan fingerprint density at radius 1 is 1.00 bits per heavy atom. The van der Waals surface area contributed by atoms with Gasteiger partial charge < -0.3 is 15.0 Å². The second-order valence-electron chi connectivity index (χ2n) is 7.50. The Morgan fingerprint density at radius 2 is 1.66 bits per heavy atom. The van der Waals surface area contributed by atoms with E-state index >= 15 is 0 Å². The van der Waals surface area contributed by atoms with Crippen molar-refractivity contribution in [1.29, 1.82) is 0 Å². The number of unbranched alkanes of at least 4 members (excludes halogenated alkanes) is 1. The Bertz CT molecular complexity index is 669. The molecular formula is C23H34N2O4. The number of benzene rings is 1. The molecule has 0 bridgehead atoms. The lowest BCUT2D eigenvalue weighted by atomic mass is 9.98. The molecule has 1 heterocycles. The molecule has 0 radical (unpaired) electrons. The largest absolute Gasteiger partial charge is 0.372 e. The van der Waals surface area contributed by atoms with E-state index in [-0.39, 0.29) is 24.7 Å². The predicted molar refractivity (Wildman–Crippen MR) is 113 cm³/mol. The van der Waals surface area contributed by atoms with Crippen LogP contribution in [0, 0.1) is 0 Å². The van der Waals surface area contributed by atoms with Crippen LogP contribution in [-0.4, -0.2) is 55.3 Å². The summed E-state index contributed by atoms with van der Waals surface area (Å²) in [6.07, 6.45) is 7.02. The molecule has 1 aliphatic rings. The lowest BCUT2D eigenvalue weighted by Crippen LogP contribution is -2.31. The molecule has 0 spiro atoms. The Morgan fingerprint density at radius 3 is 2.31 bits per heavy atom. The van der Waals surface area contributed by atoms with Crippen LogP contribution in [0.5, 0.6) is 0 Å². The Kier molecular flexibility index (Phi) is 10.4. The molecule has 6 nitrogen and oxygen atoms in total. The van der Waals surface area contributed by atoms with Crippen molar-refractivity contribution < 1.29 is 19.1 Å². The Balaban J connectivity index is 1.61. The molecule has 0 aliphatic carbocycles. The van der Waals surface area contributed by atoms with Crippen molar-refractivity contribution in [2.45, 2.75) is 58.3 Å². The molecule has 1 aromatic rings. The van der Waals surface area contributed by atoms with Crippen LogP contribution >= 0.6 is 0 Å². The third-order valence-corrected chi connectivity index (χ3v) is 5.27. The van der Waals surface area contributed by atoms with Gasteiger partial charge in [-0.05, 0) is 56.1 Å². The van der Waals surface area contributed by atoms with Crippen LogP contribution in [0.25, 0.3) is 0 Å². The van der Waals surface area contributed by atoms with Crippen LogP contribution < -0.4 is 5.32 Å². The SMILES string of the molecule is CCC(=O)C(=O)NCCCCc1ccccc1CCCOCC(=O)N1CCCC1. The first-order valence-electron chi connectivity index (χ1n) is 10.8. The average molecular weight is 403 g/mol. The summed E-state index contributed by atoms with van der Waals surface area (Å²) in [7, 11) is 0. The zero-order valence-corrected chi connectivity index (χ0v) is 17.6. The molecule has 1 aliphatic heterocycles. The van der Waals surface area contributed by atoms with Crippen LogP contribution in [0.1, 0.15) is 56.6 Å². The number of carbonyl (C=O) groups is 3. The lowest BCUT2D eigenvalue weighted by Gasteiger charge is -2.15. The Labute approximate surface area is 174 Å². The normalized spacial score (nSPS) is 13.5. The molecule has 1 aromatic carbocycles. The summed E-state index contributed by atoms with van der Waals surface area (Å²) in [6, 6.07) is 8.39. The first-order chi connectivity index (χ1) is 14.1. The van der Waals surface area contributed by atoms with Crippen molar-refractivity contribution in [1.82, 2.24) is 10.2 Å². The summed E-state index contributed by atoms with van der Waals surface area (Å²) in [6.45, 7) is 4.74. The summed E-state index contributed by atoms with van der Waals surface area (Å²) < 4.78 is 5.57. The van der Waals surface area contributed by atoms with E-state index in [1.807, 2.05) is 17.0 Å². The van der Waals surface area contributed by atoms with E-state index in [9.17, 15) is 14.4 Å². The number of carbonyl (C=O) groups excluding carboxylic acids is 3. The van der Waals surface area contributed by atoms with Crippen molar-refractivity contribution in [3.05, 3.63) is 35.4 Å². The van der Waals surface area contributed by atoms with E-state index in [2.05, 4.69) is 17.4 Å². The zero-order chi connectivity index (χ0) is 20.9. The molecule has 160 valence electrons. The summed E-state index contributed by atoms with van der Waals surface area (Å²) in [5.41, 5.74) is 2.63. The first kappa shape index (κ1) is 23.1. The molecule has 1 fully saturated rings. The second-order valence-corrected chi connectivity index (χ2v) is 7.50. The first-order valence-corrected chi connectivity index (χ1v) is 10.8. The van der Waals surface area contributed by atoms with Gasteiger partial charge in [-0.15, -0.1) is 0 Å². The fourth-order valence-electron chi connectivity index (χ4n) is 3.53. The van der Waals surface area contributed by atoms with Crippen molar-refractivity contribution in [3.63, 3.8) is 0 Å². The summed E-state index contributed by atoms with van der Waals surface area (Å²) in [5, 5.41) is 2.68. The van der Waals surface area contributed by atoms with Crippen molar-refractivity contribution in [2.24, 2.45) is 0 Å². The molecule has 0 atom stereocenters. The Hall–Kier alpha value is -2.21. The molecule has 0 aromatic heterocycles. The highest BCUT2D eigenvalue weighted by Gasteiger charge is 2.17. The van der Waals surface area contributed by atoms with E-state index in [1.54, 1.807) is 6.92 Å². The van der Waals surface area contributed by atoms with Gasteiger partial charge in [0.1, 0.15) is 6.61 Å². The van der Waals surface area contributed by atoms with Gasteiger partial charge in [0.05, 0.1) is 0 Å². The third-order valence-electron chi connectivity index (χ3n) is 5.27. The highest BCUT2D eigenvalue weighted by molar-refractivity contribution is 6.36. The van der Waals surface area contributed by atoms with E-state index in [0.717, 1.165) is 58.0 Å². The van der Waals surface area contributed by atoms with Crippen LogP contribution in [0.4, 0.5) is 0 Å². The van der Waals surface area contributed by atoms with E-state index in [1.165, 1.54) is 11.1 Å². The van der Waals surface area contributed by atoms with Gasteiger partial charge in [-0.3, -0.25) is 14.4 Å². The quantitative estimate of drug-likeness (QED) is 0.407. The number of hydrogen-bond donors (Lipinski definition) is 1. The number of hydrogen-bond acceptors (Lipinski definition) is 4. The van der Waals surface area contributed by atoms with Crippen LogP contribution in [0.2, 0.25) is 0 Å². The van der Waals surface area contributed by atoms with Gasteiger partial charge in [0.25, 0.3) is 5.91 Å². The van der Waals surface area contributed by atoms with Gasteiger partial charge in [0.2, 0.25) is 11.7 Å². The number of nitrogens with one attached hydrogen (secondary N) is 1. The number of likely N-dealkylation sites (tertiary alicyclic amines) is 1. The molecule has 2 amide bonds. The summed E-state index contributed by atoms with van der Waals surface area (Å²) in [4.78, 5) is 36.5. The monoisotopic (exact) mass is 402 g/mol. The van der Waals surface area contributed by atoms with Crippen molar-refractivity contribution >= 4 is 17.6 Å². The van der Waals surface area contributed by atoms with Crippen molar-refractivity contribution in [3.8, 4) is 0 Å². The molecule has 6 heteroatoms. The van der Waals surface area contributed by atoms with Gasteiger partial charge in [-0.25, -0.2) is 0 Å². The van der Waals surface area contributed by atoms with E-state index in [4.69, 9.17) is 4.74 Å². The molecular weight excluding hydrogens is 368 g/mol. The smallest absolute Gasteiger partial charge is 0.287 e. The second kappa shape index (κ2) is 13.1. The standard InChI is InChI=1S/C23H34N2O4/c1-2-21(26)23(28)24-14-6-5-12-19-10-3-4-11-20(19)13-9-17-29-18-22(27)25-15-7-8-16-25/h3-4,10-11H,2,5-9,12-18H2,1H3,(H,24,28). The number of nitrogens with zero attached hydrogens (tertiary/aromatic N) is 1. The summed E-state index contributed by atoms with van der Waals surface area (Å²) >= 11 is 0. The maximum absolute atomic E-state index is 12.0. The number of Topliss-reactive ketones (excluding diaryl/α,β-unsaturated/α-hetero) is 1. The molecule has 0 unspecified atom stereocenters. The van der Waals surface area contributed by atoms with Crippen LogP contribution in [0.3, 0.4) is 0 Å². The van der Waals surface area contributed by atoms with Gasteiger partial charge in [0, 0.05) is 32.7 Å². The fraction of sp³-hybridized carbons (Fsp3) is 0.609. The number of amides is 2. The zero-order valence-electron chi connectivity index (χ0n) is 17.6.